The van der Waals surface area contributed by atoms with Crippen LogP contribution in [-0.2, 0) is 0 Å². The highest BCUT2D eigenvalue weighted by Crippen LogP contribution is 2.39. The van der Waals surface area contributed by atoms with Gasteiger partial charge in [-0.25, -0.2) is 0 Å². The Morgan fingerprint density at radius 2 is 2.15 bits per heavy atom. The van der Waals surface area contributed by atoms with Gasteiger partial charge in [0.15, 0.2) is 15.3 Å². The molecule has 0 amide bonds. The topological polar surface area (TPSA) is 81.4 Å². The highest BCUT2D eigenvalue weighted by molar-refractivity contribution is 8.01. The zero-order valence-electron chi connectivity index (χ0n) is 13.5. The molecule has 27 heavy (non-hydrogen) atoms. The molecule has 3 aromatic heterocycles. The number of rotatable bonds is 6. The number of nitrogens with zero attached hydrogens (tertiary/aromatic N) is 6. The second-order valence-electron chi connectivity index (χ2n) is 5.54. The first-order valence-corrected chi connectivity index (χ1v) is 10.5. The van der Waals surface area contributed by atoms with Gasteiger partial charge >= 0.3 is 6.18 Å². The van der Waals surface area contributed by atoms with Gasteiger partial charge in [0.25, 0.3) is 0 Å². The molecule has 3 aromatic rings. The zero-order chi connectivity index (χ0) is 18.9. The van der Waals surface area contributed by atoms with Crippen LogP contribution in [0.2, 0.25) is 0 Å². The molecule has 0 radical (unpaired) electrons. The molecular weight excluding hydrogens is 419 g/mol. The van der Waals surface area contributed by atoms with Gasteiger partial charge in [0.2, 0.25) is 5.13 Å². The fourth-order valence-electron chi connectivity index (χ4n) is 2.45. The van der Waals surface area contributed by atoms with E-state index >= 15 is 0 Å². The lowest BCUT2D eigenvalue weighted by molar-refractivity contribution is -0.115. The van der Waals surface area contributed by atoms with Crippen molar-refractivity contribution in [3.8, 4) is 11.4 Å². The second kappa shape index (κ2) is 7.64. The van der Waals surface area contributed by atoms with E-state index in [9.17, 15) is 13.2 Å². The number of fused-ring (bicyclic) bond motifs is 1. The van der Waals surface area contributed by atoms with Crippen LogP contribution in [0.4, 0.5) is 18.3 Å². The van der Waals surface area contributed by atoms with E-state index in [2.05, 4.69) is 35.3 Å². The Labute approximate surface area is 164 Å². The van der Waals surface area contributed by atoms with Crippen molar-refractivity contribution in [1.29, 1.82) is 0 Å². The standard InChI is InChI=1S/C14H12F3N7S3/c15-14(16,17)7-19-11-21-23-13(27-11)26-6-9-5-25-12-22-20-10(24(9)12)8-2-1-3-18-4-8/h1-4,9H,5-7H2,(H,19,21). The van der Waals surface area contributed by atoms with Gasteiger partial charge in [-0.05, 0) is 12.1 Å². The fourth-order valence-corrected chi connectivity index (χ4v) is 5.53. The molecule has 4 rings (SSSR count). The van der Waals surface area contributed by atoms with Gasteiger partial charge in [-0.15, -0.1) is 20.4 Å². The molecule has 0 aliphatic carbocycles. The van der Waals surface area contributed by atoms with Crippen molar-refractivity contribution in [1.82, 2.24) is 29.9 Å². The molecule has 1 aliphatic rings. The van der Waals surface area contributed by atoms with E-state index in [0.717, 1.165) is 33.6 Å². The molecule has 0 saturated heterocycles. The number of halogens is 3. The van der Waals surface area contributed by atoms with Gasteiger partial charge in [-0.1, -0.05) is 34.9 Å². The molecule has 0 bridgehead atoms. The van der Waals surface area contributed by atoms with Crippen LogP contribution < -0.4 is 5.32 Å². The highest BCUT2D eigenvalue weighted by atomic mass is 32.2. The van der Waals surface area contributed by atoms with Crippen LogP contribution in [0.25, 0.3) is 11.4 Å². The van der Waals surface area contributed by atoms with Crippen LogP contribution in [0, 0.1) is 0 Å². The predicted molar refractivity (Wildman–Crippen MR) is 98.2 cm³/mol. The number of hydrogen-bond acceptors (Lipinski definition) is 9. The van der Waals surface area contributed by atoms with E-state index < -0.39 is 12.7 Å². The Morgan fingerprint density at radius 1 is 1.26 bits per heavy atom. The maximum absolute atomic E-state index is 12.3. The molecule has 1 aliphatic heterocycles. The number of alkyl halides is 3. The average Bonchev–Trinajstić information content (AvgIpc) is 3.35. The van der Waals surface area contributed by atoms with E-state index in [-0.39, 0.29) is 11.2 Å². The SMILES string of the molecule is FC(F)(F)CNc1nnc(SCC2CSc3nnc(-c4cccnc4)n32)s1. The summed E-state index contributed by atoms with van der Waals surface area (Å²) in [5.74, 6) is 2.31. The van der Waals surface area contributed by atoms with E-state index in [1.54, 1.807) is 24.2 Å². The fraction of sp³-hybridized carbons (Fsp3) is 0.357. The van der Waals surface area contributed by atoms with Crippen LogP contribution in [0.1, 0.15) is 6.04 Å². The molecule has 7 nitrogen and oxygen atoms in total. The third-order valence-electron chi connectivity index (χ3n) is 3.60. The lowest BCUT2D eigenvalue weighted by Crippen LogP contribution is -2.21. The summed E-state index contributed by atoms with van der Waals surface area (Å²) in [4.78, 5) is 4.13. The number of hydrogen-bond donors (Lipinski definition) is 1. The Hall–Kier alpha value is -1.86. The maximum atomic E-state index is 12.3. The van der Waals surface area contributed by atoms with Gasteiger partial charge in [0.1, 0.15) is 6.54 Å². The van der Waals surface area contributed by atoms with E-state index in [0.29, 0.717) is 10.1 Å². The Bertz CT molecular complexity index is 912. The summed E-state index contributed by atoms with van der Waals surface area (Å²) in [5.41, 5.74) is 0.892. The van der Waals surface area contributed by atoms with Crippen molar-refractivity contribution in [3.63, 3.8) is 0 Å². The number of nitrogens with one attached hydrogen (secondary N) is 1. The summed E-state index contributed by atoms with van der Waals surface area (Å²) in [6.07, 6.45) is -0.839. The molecule has 1 unspecified atom stereocenters. The lowest BCUT2D eigenvalue weighted by Gasteiger charge is -2.13. The third kappa shape index (κ3) is 4.35. The number of anilines is 1. The summed E-state index contributed by atoms with van der Waals surface area (Å²) >= 11 is 4.20. The monoisotopic (exact) mass is 431 g/mol. The van der Waals surface area contributed by atoms with E-state index in [1.807, 2.05) is 12.1 Å². The summed E-state index contributed by atoms with van der Waals surface area (Å²) in [6, 6.07) is 3.93. The Kier molecular flexibility index (Phi) is 5.23. The summed E-state index contributed by atoms with van der Waals surface area (Å²) in [7, 11) is 0. The van der Waals surface area contributed by atoms with Crippen LogP contribution >= 0.6 is 34.9 Å². The van der Waals surface area contributed by atoms with Crippen LogP contribution in [0.3, 0.4) is 0 Å². The maximum Gasteiger partial charge on any atom is 0.405 e. The molecule has 1 atom stereocenters. The Morgan fingerprint density at radius 3 is 2.93 bits per heavy atom. The van der Waals surface area contributed by atoms with Gasteiger partial charge < -0.3 is 5.32 Å². The molecule has 142 valence electrons. The smallest absolute Gasteiger partial charge is 0.351 e. The summed E-state index contributed by atoms with van der Waals surface area (Å²) in [6.45, 7) is -1.12. The Balaban J connectivity index is 1.42. The third-order valence-corrected chi connectivity index (χ3v) is 6.85. The summed E-state index contributed by atoms with van der Waals surface area (Å²) < 4.78 is 39.5. The number of thioether (sulfide) groups is 2. The molecule has 13 heteroatoms. The van der Waals surface area contributed by atoms with Gasteiger partial charge in [-0.3, -0.25) is 9.55 Å². The summed E-state index contributed by atoms with van der Waals surface area (Å²) in [5, 5.41) is 19.5. The zero-order valence-corrected chi connectivity index (χ0v) is 16.0. The highest BCUT2D eigenvalue weighted by Gasteiger charge is 2.29. The van der Waals surface area contributed by atoms with E-state index in [1.165, 1.54) is 11.8 Å². The van der Waals surface area contributed by atoms with E-state index in [4.69, 9.17) is 0 Å². The molecule has 0 aromatic carbocycles. The van der Waals surface area contributed by atoms with Crippen molar-refractivity contribution >= 4 is 40.0 Å². The minimum Gasteiger partial charge on any atom is -0.351 e. The minimum atomic E-state index is -4.28. The first kappa shape index (κ1) is 18.5. The molecule has 0 spiro atoms. The van der Waals surface area contributed by atoms with Crippen molar-refractivity contribution < 1.29 is 13.2 Å². The minimum absolute atomic E-state index is 0.149. The van der Waals surface area contributed by atoms with Gasteiger partial charge in [0.05, 0.1) is 6.04 Å². The van der Waals surface area contributed by atoms with Crippen molar-refractivity contribution in [2.75, 3.05) is 23.4 Å². The molecule has 0 saturated carbocycles. The van der Waals surface area contributed by atoms with Crippen molar-refractivity contribution in [3.05, 3.63) is 24.5 Å². The van der Waals surface area contributed by atoms with Crippen molar-refractivity contribution in [2.24, 2.45) is 0 Å². The molecule has 1 N–H and O–H groups in total. The van der Waals surface area contributed by atoms with Crippen LogP contribution in [-0.4, -0.2) is 54.2 Å². The van der Waals surface area contributed by atoms with Crippen molar-refractivity contribution in [2.45, 2.75) is 21.7 Å². The quantitative estimate of drug-likeness (QED) is 0.593. The first-order chi connectivity index (χ1) is 13.0. The largest absolute Gasteiger partial charge is 0.405 e. The second-order valence-corrected chi connectivity index (χ2v) is 8.77. The molecule has 0 fully saturated rings. The first-order valence-electron chi connectivity index (χ1n) is 7.74. The number of aromatic nitrogens is 6. The van der Waals surface area contributed by atoms with Gasteiger partial charge in [0, 0.05) is 29.5 Å². The predicted octanol–water partition coefficient (Wildman–Crippen LogP) is 3.60. The average molecular weight is 431 g/mol. The van der Waals surface area contributed by atoms with Crippen LogP contribution in [0.15, 0.2) is 34.0 Å². The molecule has 4 heterocycles. The lowest BCUT2D eigenvalue weighted by atomic mass is 10.2. The van der Waals surface area contributed by atoms with Crippen LogP contribution in [0.5, 0.6) is 0 Å². The normalized spacial score (nSPS) is 16.5. The van der Waals surface area contributed by atoms with Gasteiger partial charge in [-0.2, -0.15) is 13.2 Å². The molecular formula is C14H12F3N7S3. The number of pyridine rings is 1.